The van der Waals surface area contributed by atoms with Crippen molar-refractivity contribution < 1.29 is 13.9 Å². The standard InChI is InChI=1S/C16H25FN2O2/c1-6-18-11(2)12-7-8-14(13(17)9-12)21-10-15(20)19-16(3,4)5/h7-9,11,18H,6,10H2,1-5H3,(H,19,20). The number of amides is 1. The van der Waals surface area contributed by atoms with Crippen LogP contribution in [0.1, 0.15) is 46.2 Å². The summed E-state index contributed by atoms with van der Waals surface area (Å²) in [5.74, 6) is -0.640. The normalized spacial score (nSPS) is 12.9. The average molecular weight is 296 g/mol. The highest BCUT2D eigenvalue weighted by Crippen LogP contribution is 2.22. The van der Waals surface area contributed by atoms with Gasteiger partial charge in [-0.1, -0.05) is 13.0 Å². The van der Waals surface area contributed by atoms with Gasteiger partial charge in [0.25, 0.3) is 5.91 Å². The molecular formula is C16H25FN2O2. The van der Waals surface area contributed by atoms with Crippen LogP contribution >= 0.6 is 0 Å². The van der Waals surface area contributed by atoms with Crippen molar-refractivity contribution in [3.63, 3.8) is 0 Å². The van der Waals surface area contributed by atoms with Gasteiger partial charge in [-0.2, -0.15) is 0 Å². The third kappa shape index (κ3) is 6.12. The van der Waals surface area contributed by atoms with Crippen LogP contribution in [0.25, 0.3) is 0 Å². The molecule has 118 valence electrons. The van der Waals surface area contributed by atoms with E-state index in [0.29, 0.717) is 0 Å². The number of hydrogen-bond acceptors (Lipinski definition) is 3. The van der Waals surface area contributed by atoms with Crippen LogP contribution in [0.3, 0.4) is 0 Å². The van der Waals surface area contributed by atoms with Crippen LogP contribution in [0.2, 0.25) is 0 Å². The van der Waals surface area contributed by atoms with E-state index in [4.69, 9.17) is 4.74 Å². The summed E-state index contributed by atoms with van der Waals surface area (Å²) in [7, 11) is 0. The lowest BCUT2D eigenvalue weighted by Gasteiger charge is -2.20. The van der Waals surface area contributed by atoms with Gasteiger partial charge in [-0.15, -0.1) is 0 Å². The Hall–Kier alpha value is -1.62. The molecule has 1 unspecified atom stereocenters. The van der Waals surface area contributed by atoms with Crippen molar-refractivity contribution in [2.75, 3.05) is 13.2 Å². The Balaban J connectivity index is 2.63. The van der Waals surface area contributed by atoms with Crippen molar-refractivity contribution in [1.82, 2.24) is 10.6 Å². The largest absolute Gasteiger partial charge is 0.481 e. The summed E-state index contributed by atoms with van der Waals surface area (Å²) in [5.41, 5.74) is 0.519. The van der Waals surface area contributed by atoms with Crippen molar-refractivity contribution in [3.8, 4) is 5.75 Å². The highest BCUT2D eigenvalue weighted by atomic mass is 19.1. The summed E-state index contributed by atoms with van der Waals surface area (Å²) in [4.78, 5) is 11.6. The van der Waals surface area contributed by atoms with Gasteiger partial charge in [-0.05, 0) is 51.9 Å². The quantitative estimate of drug-likeness (QED) is 0.848. The molecule has 2 N–H and O–H groups in total. The minimum absolute atomic E-state index is 0.0720. The second-order valence-electron chi connectivity index (χ2n) is 6.06. The monoisotopic (exact) mass is 296 g/mol. The highest BCUT2D eigenvalue weighted by Gasteiger charge is 2.15. The molecule has 0 fully saturated rings. The number of nitrogens with one attached hydrogen (secondary N) is 2. The molecule has 5 heteroatoms. The third-order valence-electron chi connectivity index (χ3n) is 2.84. The lowest BCUT2D eigenvalue weighted by molar-refractivity contribution is -0.124. The zero-order chi connectivity index (χ0) is 16.0. The van der Waals surface area contributed by atoms with E-state index in [1.54, 1.807) is 12.1 Å². The zero-order valence-electron chi connectivity index (χ0n) is 13.4. The molecule has 1 amide bonds. The summed E-state index contributed by atoms with van der Waals surface area (Å²) in [5, 5.41) is 5.97. The fourth-order valence-corrected chi connectivity index (χ4v) is 1.93. The first kappa shape index (κ1) is 17.4. The molecule has 0 aliphatic heterocycles. The third-order valence-corrected chi connectivity index (χ3v) is 2.84. The number of hydrogen-bond donors (Lipinski definition) is 2. The first-order valence-corrected chi connectivity index (χ1v) is 7.19. The molecule has 1 aromatic carbocycles. The second kappa shape index (κ2) is 7.41. The Labute approximate surface area is 126 Å². The average Bonchev–Trinajstić information content (AvgIpc) is 2.35. The van der Waals surface area contributed by atoms with E-state index in [9.17, 15) is 9.18 Å². The maximum absolute atomic E-state index is 14.0. The molecular weight excluding hydrogens is 271 g/mol. The topological polar surface area (TPSA) is 50.4 Å². The molecule has 21 heavy (non-hydrogen) atoms. The van der Waals surface area contributed by atoms with Gasteiger partial charge >= 0.3 is 0 Å². The van der Waals surface area contributed by atoms with Gasteiger partial charge in [0.15, 0.2) is 18.2 Å². The van der Waals surface area contributed by atoms with Gasteiger partial charge in [0.05, 0.1) is 0 Å². The van der Waals surface area contributed by atoms with Gasteiger partial charge < -0.3 is 15.4 Å². The summed E-state index contributed by atoms with van der Waals surface area (Å²) in [6.07, 6.45) is 0. The maximum Gasteiger partial charge on any atom is 0.258 e. The van der Waals surface area contributed by atoms with E-state index in [2.05, 4.69) is 10.6 Å². The molecule has 0 heterocycles. The molecule has 0 aromatic heterocycles. The first-order valence-electron chi connectivity index (χ1n) is 7.19. The van der Waals surface area contributed by atoms with Crippen LogP contribution in [0.15, 0.2) is 18.2 Å². The molecule has 0 radical (unpaired) electrons. The van der Waals surface area contributed by atoms with Crippen molar-refractivity contribution in [2.24, 2.45) is 0 Å². The molecule has 1 rings (SSSR count). The number of benzene rings is 1. The van der Waals surface area contributed by atoms with Crippen molar-refractivity contribution in [1.29, 1.82) is 0 Å². The van der Waals surface area contributed by atoms with Gasteiger partial charge in [0.2, 0.25) is 0 Å². The molecule has 1 aromatic rings. The van der Waals surface area contributed by atoms with E-state index >= 15 is 0 Å². The van der Waals surface area contributed by atoms with E-state index in [0.717, 1.165) is 12.1 Å². The maximum atomic E-state index is 14.0. The fraction of sp³-hybridized carbons (Fsp3) is 0.562. The Morgan fingerprint density at radius 1 is 1.38 bits per heavy atom. The lowest BCUT2D eigenvalue weighted by atomic mass is 10.1. The van der Waals surface area contributed by atoms with Crippen molar-refractivity contribution in [2.45, 2.75) is 46.2 Å². The Kier molecular flexibility index (Phi) is 6.15. The van der Waals surface area contributed by atoms with Gasteiger partial charge in [-0.3, -0.25) is 4.79 Å². The van der Waals surface area contributed by atoms with Crippen LogP contribution in [0.5, 0.6) is 5.75 Å². The van der Waals surface area contributed by atoms with E-state index in [-0.39, 0.29) is 29.8 Å². The van der Waals surface area contributed by atoms with Crippen LogP contribution in [0, 0.1) is 5.82 Å². The summed E-state index contributed by atoms with van der Waals surface area (Å²) < 4.78 is 19.2. The summed E-state index contributed by atoms with van der Waals surface area (Å²) in [6, 6.07) is 4.86. The molecule has 0 aliphatic carbocycles. The molecule has 0 saturated carbocycles. The zero-order valence-corrected chi connectivity index (χ0v) is 13.4. The fourth-order valence-electron chi connectivity index (χ4n) is 1.93. The first-order chi connectivity index (χ1) is 9.73. The summed E-state index contributed by atoms with van der Waals surface area (Å²) in [6.45, 7) is 10.2. The predicted molar refractivity (Wildman–Crippen MR) is 81.9 cm³/mol. The molecule has 0 bridgehead atoms. The molecule has 4 nitrogen and oxygen atoms in total. The Bertz CT molecular complexity index is 484. The van der Waals surface area contributed by atoms with E-state index < -0.39 is 5.82 Å². The molecule has 1 atom stereocenters. The summed E-state index contributed by atoms with van der Waals surface area (Å²) >= 11 is 0. The van der Waals surface area contributed by atoms with Crippen molar-refractivity contribution >= 4 is 5.91 Å². The number of halogens is 1. The number of carbonyl (C=O) groups is 1. The molecule has 0 aliphatic rings. The Morgan fingerprint density at radius 3 is 2.57 bits per heavy atom. The van der Waals surface area contributed by atoms with E-state index in [1.807, 2.05) is 34.6 Å². The smallest absolute Gasteiger partial charge is 0.258 e. The van der Waals surface area contributed by atoms with Gasteiger partial charge in [0, 0.05) is 11.6 Å². The van der Waals surface area contributed by atoms with Crippen molar-refractivity contribution in [3.05, 3.63) is 29.6 Å². The van der Waals surface area contributed by atoms with Crippen LogP contribution in [-0.2, 0) is 4.79 Å². The number of carbonyl (C=O) groups excluding carboxylic acids is 1. The van der Waals surface area contributed by atoms with Gasteiger partial charge in [0.1, 0.15) is 0 Å². The Morgan fingerprint density at radius 2 is 2.05 bits per heavy atom. The van der Waals surface area contributed by atoms with Crippen LogP contribution < -0.4 is 15.4 Å². The van der Waals surface area contributed by atoms with E-state index in [1.165, 1.54) is 6.07 Å². The molecule has 0 spiro atoms. The predicted octanol–water partition coefficient (Wildman–Crippen LogP) is 2.79. The minimum Gasteiger partial charge on any atom is -0.481 e. The van der Waals surface area contributed by atoms with Crippen LogP contribution in [0.4, 0.5) is 4.39 Å². The molecule has 0 saturated heterocycles. The SMILES string of the molecule is CCNC(C)c1ccc(OCC(=O)NC(C)(C)C)c(F)c1. The number of rotatable bonds is 6. The number of ether oxygens (including phenoxy) is 1. The second-order valence-corrected chi connectivity index (χ2v) is 6.06. The van der Waals surface area contributed by atoms with Gasteiger partial charge in [-0.25, -0.2) is 4.39 Å². The van der Waals surface area contributed by atoms with Crippen LogP contribution in [-0.4, -0.2) is 24.6 Å². The lowest BCUT2D eigenvalue weighted by Crippen LogP contribution is -2.43. The highest BCUT2D eigenvalue weighted by molar-refractivity contribution is 5.78. The minimum atomic E-state index is -0.458.